The molecule has 1 unspecified atom stereocenters. The molecular weight excluding hydrogens is 364 g/mol. The maximum atomic E-state index is 12.3. The van der Waals surface area contributed by atoms with E-state index in [1.54, 1.807) is 18.2 Å². The molecule has 1 aliphatic heterocycles. The van der Waals surface area contributed by atoms with Crippen LogP contribution in [0.25, 0.3) is 0 Å². The fraction of sp³-hybridized carbons (Fsp3) is 0.385. The van der Waals surface area contributed by atoms with Crippen LogP contribution < -0.4 is 5.32 Å². The van der Waals surface area contributed by atoms with Crippen molar-refractivity contribution in [2.24, 2.45) is 0 Å². The monoisotopic (exact) mass is 376 g/mol. The van der Waals surface area contributed by atoms with E-state index in [1.807, 2.05) is 0 Å². The minimum atomic E-state index is -0.961. The molecule has 0 aromatic heterocycles. The Morgan fingerprint density at radius 3 is 2.95 bits per heavy atom. The molecule has 1 aliphatic rings. The van der Waals surface area contributed by atoms with Crippen LogP contribution in [-0.2, 0) is 9.53 Å². The van der Waals surface area contributed by atoms with Crippen molar-refractivity contribution < 1.29 is 19.4 Å². The molecular formula is C13H14BrClN2O4. The van der Waals surface area contributed by atoms with E-state index in [0.717, 1.165) is 0 Å². The minimum absolute atomic E-state index is 0.141. The Labute approximate surface area is 135 Å². The molecule has 6 nitrogen and oxygen atoms in total. The second kappa shape index (κ2) is 7.11. The molecule has 1 aromatic rings. The van der Waals surface area contributed by atoms with Crippen LogP contribution >= 0.6 is 27.5 Å². The van der Waals surface area contributed by atoms with Gasteiger partial charge in [-0.3, -0.25) is 4.79 Å². The van der Waals surface area contributed by atoms with E-state index in [4.69, 9.17) is 21.4 Å². The van der Waals surface area contributed by atoms with E-state index in [1.165, 1.54) is 4.90 Å². The number of nitrogens with zero attached hydrogens (tertiary/aromatic N) is 1. The molecule has 1 fully saturated rings. The van der Waals surface area contributed by atoms with Crippen molar-refractivity contribution in [3.8, 4) is 0 Å². The van der Waals surface area contributed by atoms with Crippen LogP contribution in [0, 0.1) is 0 Å². The molecule has 114 valence electrons. The predicted octanol–water partition coefficient (Wildman–Crippen LogP) is 2.81. The lowest BCUT2D eigenvalue weighted by molar-refractivity contribution is -0.139. The number of carboxylic acids is 1. The molecule has 0 bridgehead atoms. The highest BCUT2D eigenvalue weighted by Crippen LogP contribution is 2.26. The number of nitrogens with one attached hydrogen (secondary N) is 1. The third-order valence-electron chi connectivity index (χ3n) is 3.07. The molecule has 2 amide bonds. The summed E-state index contributed by atoms with van der Waals surface area (Å²) >= 11 is 9.18. The molecule has 0 spiro atoms. The zero-order valence-electron chi connectivity index (χ0n) is 11.0. The number of urea groups is 1. The number of hydrogen-bond donors (Lipinski definition) is 2. The highest BCUT2D eigenvalue weighted by molar-refractivity contribution is 9.10. The number of carbonyl (C=O) groups excluding carboxylic acids is 1. The lowest BCUT2D eigenvalue weighted by Gasteiger charge is -2.34. The van der Waals surface area contributed by atoms with Gasteiger partial charge in [0.05, 0.1) is 30.7 Å². The van der Waals surface area contributed by atoms with Crippen molar-refractivity contribution >= 4 is 45.2 Å². The summed E-state index contributed by atoms with van der Waals surface area (Å²) in [6, 6.07) is 4.21. The number of anilines is 1. The number of amides is 2. The number of carbonyl (C=O) groups is 2. The molecule has 1 atom stereocenters. The van der Waals surface area contributed by atoms with Gasteiger partial charge in [-0.2, -0.15) is 0 Å². The van der Waals surface area contributed by atoms with Gasteiger partial charge in [0.2, 0.25) is 0 Å². The Balaban J connectivity index is 2.06. The Bertz CT molecular complexity index is 555. The van der Waals surface area contributed by atoms with Crippen LogP contribution in [0.1, 0.15) is 6.42 Å². The minimum Gasteiger partial charge on any atom is -0.481 e. The summed E-state index contributed by atoms with van der Waals surface area (Å²) in [6.45, 7) is 0.983. The number of ether oxygens (including phenoxy) is 1. The Morgan fingerprint density at radius 2 is 2.29 bits per heavy atom. The summed E-state index contributed by atoms with van der Waals surface area (Å²) in [5, 5.41) is 12.2. The fourth-order valence-electron chi connectivity index (χ4n) is 2.06. The van der Waals surface area contributed by atoms with Crippen LogP contribution in [0.5, 0.6) is 0 Å². The number of carboxylic acid groups (broad SMARTS) is 1. The third kappa shape index (κ3) is 4.33. The number of halogens is 2. The molecule has 2 N–H and O–H groups in total. The number of rotatable bonds is 3. The van der Waals surface area contributed by atoms with Gasteiger partial charge in [-0.05, 0) is 34.1 Å². The van der Waals surface area contributed by atoms with Gasteiger partial charge in [0.15, 0.2) is 0 Å². The number of benzene rings is 1. The van der Waals surface area contributed by atoms with Crippen molar-refractivity contribution in [2.75, 3.05) is 25.1 Å². The summed E-state index contributed by atoms with van der Waals surface area (Å²) < 4.78 is 5.91. The first-order chi connectivity index (χ1) is 9.97. The first-order valence-electron chi connectivity index (χ1n) is 6.29. The molecule has 21 heavy (non-hydrogen) atoms. The lowest BCUT2D eigenvalue weighted by atomic mass is 10.1. The maximum absolute atomic E-state index is 12.3. The first-order valence-corrected chi connectivity index (χ1v) is 7.46. The Kier molecular flexibility index (Phi) is 5.44. The average molecular weight is 378 g/mol. The van der Waals surface area contributed by atoms with Gasteiger partial charge in [-0.1, -0.05) is 11.6 Å². The molecule has 0 saturated carbocycles. The highest BCUT2D eigenvalue weighted by Gasteiger charge is 2.29. The average Bonchev–Trinajstić information content (AvgIpc) is 2.43. The van der Waals surface area contributed by atoms with Crippen molar-refractivity contribution in [1.29, 1.82) is 0 Å². The largest absolute Gasteiger partial charge is 0.481 e. The maximum Gasteiger partial charge on any atom is 0.322 e. The van der Waals surface area contributed by atoms with Gasteiger partial charge in [0.25, 0.3) is 0 Å². The Hall–Kier alpha value is -1.31. The van der Waals surface area contributed by atoms with Crippen LogP contribution in [0.15, 0.2) is 22.7 Å². The van der Waals surface area contributed by atoms with E-state index in [-0.39, 0.29) is 19.1 Å². The lowest BCUT2D eigenvalue weighted by Crippen LogP contribution is -2.51. The van der Waals surface area contributed by atoms with E-state index in [2.05, 4.69) is 21.2 Å². The molecule has 0 radical (unpaired) electrons. The smallest absolute Gasteiger partial charge is 0.322 e. The fourth-order valence-corrected chi connectivity index (χ4v) is 2.56. The highest BCUT2D eigenvalue weighted by atomic mass is 79.9. The second-order valence-corrected chi connectivity index (χ2v) is 5.84. The summed E-state index contributed by atoms with van der Waals surface area (Å²) in [4.78, 5) is 24.6. The molecule has 1 aromatic carbocycles. The topological polar surface area (TPSA) is 78.9 Å². The summed E-state index contributed by atoms with van der Waals surface area (Å²) in [5.41, 5.74) is 0.580. The zero-order chi connectivity index (χ0) is 15.4. The SMILES string of the molecule is O=C(O)CC1COCCN1C(=O)Nc1ccc(Cl)c(Br)c1. The molecule has 0 aliphatic carbocycles. The normalized spacial score (nSPS) is 18.4. The summed E-state index contributed by atoms with van der Waals surface area (Å²) in [7, 11) is 0. The zero-order valence-corrected chi connectivity index (χ0v) is 13.4. The second-order valence-electron chi connectivity index (χ2n) is 4.58. The first kappa shape index (κ1) is 16.1. The quantitative estimate of drug-likeness (QED) is 0.849. The van der Waals surface area contributed by atoms with E-state index in [9.17, 15) is 9.59 Å². The van der Waals surface area contributed by atoms with Crippen molar-refractivity contribution in [3.63, 3.8) is 0 Å². The molecule has 1 saturated heterocycles. The van der Waals surface area contributed by atoms with Gasteiger partial charge >= 0.3 is 12.0 Å². The molecule has 2 rings (SSSR count). The van der Waals surface area contributed by atoms with Gasteiger partial charge in [-0.15, -0.1) is 0 Å². The van der Waals surface area contributed by atoms with Gasteiger partial charge < -0.3 is 20.1 Å². The van der Waals surface area contributed by atoms with E-state index >= 15 is 0 Å². The number of morpholine rings is 1. The third-order valence-corrected chi connectivity index (χ3v) is 4.28. The van der Waals surface area contributed by atoms with E-state index < -0.39 is 12.0 Å². The van der Waals surface area contributed by atoms with Crippen molar-refractivity contribution in [2.45, 2.75) is 12.5 Å². The standard InChI is InChI=1S/C13H14BrClN2O4/c14-10-5-8(1-2-11(10)15)16-13(20)17-3-4-21-7-9(17)6-12(18)19/h1-2,5,9H,3-4,6-7H2,(H,16,20)(H,18,19). The van der Waals surface area contributed by atoms with Gasteiger partial charge in [0, 0.05) is 16.7 Å². The molecule has 8 heteroatoms. The number of aliphatic carboxylic acids is 1. The van der Waals surface area contributed by atoms with Gasteiger partial charge in [0.1, 0.15) is 0 Å². The summed E-state index contributed by atoms with van der Waals surface area (Å²) in [5.74, 6) is -0.961. The Morgan fingerprint density at radius 1 is 1.52 bits per heavy atom. The van der Waals surface area contributed by atoms with Crippen LogP contribution in [0.3, 0.4) is 0 Å². The van der Waals surface area contributed by atoms with Crippen LogP contribution in [0.2, 0.25) is 5.02 Å². The van der Waals surface area contributed by atoms with Crippen molar-refractivity contribution in [3.05, 3.63) is 27.7 Å². The van der Waals surface area contributed by atoms with E-state index in [0.29, 0.717) is 28.3 Å². The summed E-state index contributed by atoms with van der Waals surface area (Å²) in [6.07, 6.45) is -0.141. The van der Waals surface area contributed by atoms with Crippen molar-refractivity contribution in [1.82, 2.24) is 4.90 Å². The molecule has 1 heterocycles. The number of hydrogen-bond acceptors (Lipinski definition) is 3. The predicted molar refractivity (Wildman–Crippen MR) is 81.7 cm³/mol. The van der Waals surface area contributed by atoms with Gasteiger partial charge in [-0.25, -0.2) is 4.79 Å². The van der Waals surface area contributed by atoms with Crippen LogP contribution in [-0.4, -0.2) is 47.8 Å². The van der Waals surface area contributed by atoms with Crippen LogP contribution in [0.4, 0.5) is 10.5 Å².